The quantitative estimate of drug-likeness (QED) is 0.827. The Hall–Kier alpha value is -1.06. The molecule has 0 spiro atoms. The Morgan fingerprint density at radius 1 is 1.17 bits per heavy atom. The van der Waals surface area contributed by atoms with Crippen LogP contribution in [0.2, 0.25) is 0 Å². The van der Waals surface area contributed by atoms with Crippen LogP contribution >= 0.6 is 0 Å². The van der Waals surface area contributed by atoms with E-state index in [1.165, 1.54) is 5.56 Å². The number of hydrogen-bond donors (Lipinski definition) is 2. The Morgan fingerprint density at radius 3 is 2.17 bits per heavy atom. The topological polar surface area (TPSA) is 33.9 Å². The fourth-order valence-electron chi connectivity index (χ4n) is 2.97. The van der Waals surface area contributed by atoms with E-state index in [-0.39, 0.29) is 0 Å². The summed E-state index contributed by atoms with van der Waals surface area (Å²) in [6, 6.07) is 4.19. The summed E-state index contributed by atoms with van der Waals surface area (Å²) in [7, 11) is 0. The first kappa shape index (κ1) is 13.4. The van der Waals surface area contributed by atoms with E-state index in [9.17, 15) is 5.11 Å². The number of morpholine rings is 1. The fourth-order valence-corrected chi connectivity index (χ4v) is 2.97. The van der Waals surface area contributed by atoms with Crippen molar-refractivity contribution >= 4 is 0 Å². The van der Waals surface area contributed by atoms with Crippen LogP contribution in [0.4, 0.5) is 0 Å². The molecule has 2 unspecified atom stereocenters. The van der Waals surface area contributed by atoms with Crippen LogP contribution in [-0.2, 0) is 11.3 Å². The van der Waals surface area contributed by atoms with Gasteiger partial charge < -0.3 is 14.7 Å². The summed E-state index contributed by atoms with van der Waals surface area (Å²) >= 11 is 0. The molecule has 0 saturated carbocycles. The number of phenolic OH excluding ortho intramolecular Hbond substituents is 1. The molecule has 2 rings (SSSR count). The van der Waals surface area contributed by atoms with Crippen LogP contribution in [0.15, 0.2) is 12.1 Å². The molecule has 1 saturated heterocycles. The van der Waals surface area contributed by atoms with E-state index in [0.29, 0.717) is 18.0 Å². The second-order valence-electron chi connectivity index (χ2n) is 5.67. The van der Waals surface area contributed by atoms with Gasteiger partial charge in [0.1, 0.15) is 37.6 Å². The second-order valence-corrected chi connectivity index (χ2v) is 5.67. The standard InChI is InChI=1S/C15H23NO2/c1-10-5-14(6-11(2)15(10)17)9-16-7-12(3)18-13(4)8-16/h5-6,12-13,17H,7-9H2,1-4H3/p+1. The van der Waals surface area contributed by atoms with Crippen LogP contribution < -0.4 is 4.90 Å². The van der Waals surface area contributed by atoms with Crippen molar-refractivity contribution in [1.29, 1.82) is 0 Å². The normalized spacial score (nSPS) is 28.3. The molecular weight excluding hydrogens is 226 g/mol. The van der Waals surface area contributed by atoms with Crippen LogP contribution in [0.5, 0.6) is 5.75 Å². The number of aromatic hydroxyl groups is 1. The average Bonchev–Trinajstić information content (AvgIpc) is 2.24. The lowest BCUT2D eigenvalue weighted by atomic mass is 10.0. The van der Waals surface area contributed by atoms with Crippen LogP contribution in [0.3, 0.4) is 0 Å². The summed E-state index contributed by atoms with van der Waals surface area (Å²) in [4.78, 5) is 1.56. The maximum Gasteiger partial charge on any atom is 0.121 e. The maximum atomic E-state index is 9.79. The third kappa shape index (κ3) is 3.03. The third-order valence-corrected chi connectivity index (χ3v) is 3.62. The van der Waals surface area contributed by atoms with Crippen molar-refractivity contribution in [2.24, 2.45) is 0 Å². The molecule has 0 radical (unpaired) electrons. The van der Waals surface area contributed by atoms with Crippen LogP contribution in [0, 0.1) is 13.8 Å². The molecule has 2 atom stereocenters. The predicted molar refractivity (Wildman–Crippen MR) is 72.0 cm³/mol. The van der Waals surface area contributed by atoms with Crippen LogP contribution in [-0.4, -0.2) is 30.4 Å². The molecule has 1 fully saturated rings. The molecule has 18 heavy (non-hydrogen) atoms. The number of aryl methyl sites for hydroxylation is 2. The van der Waals surface area contributed by atoms with Gasteiger partial charge in [-0.05, 0) is 51.0 Å². The highest BCUT2D eigenvalue weighted by molar-refractivity contribution is 5.41. The van der Waals surface area contributed by atoms with Crippen molar-refractivity contribution in [3.8, 4) is 5.75 Å². The number of phenols is 1. The lowest BCUT2D eigenvalue weighted by molar-refractivity contribution is -0.928. The van der Waals surface area contributed by atoms with Crippen LogP contribution in [0.1, 0.15) is 30.5 Å². The zero-order chi connectivity index (χ0) is 13.3. The summed E-state index contributed by atoms with van der Waals surface area (Å²) in [6.07, 6.45) is 0.672. The number of rotatable bonds is 2. The molecule has 0 amide bonds. The van der Waals surface area contributed by atoms with Gasteiger partial charge in [-0.2, -0.15) is 0 Å². The minimum atomic E-state index is 0.336. The highest BCUT2D eigenvalue weighted by Crippen LogP contribution is 2.22. The third-order valence-electron chi connectivity index (χ3n) is 3.62. The van der Waals surface area contributed by atoms with E-state index < -0.39 is 0 Å². The van der Waals surface area contributed by atoms with Gasteiger partial charge in [0.2, 0.25) is 0 Å². The zero-order valence-corrected chi connectivity index (χ0v) is 11.8. The predicted octanol–water partition coefficient (Wildman–Crippen LogP) is 1.20. The van der Waals surface area contributed by atoms with Crippen molar-refractivity contribution < 1.29 is 14.7 Å². The Kier molecular flexibility index (Phi) is 3.93. The smallest absolute Gasteiger partial charge is 0.121 e. The lowest BCUT2D eigenvalue weighted by Crippen LogP contribution is -3.14. The molecule has 1 aliphatic heterocycles. The Bertz CT molecular complexity index is 397. The molecular formula is C15H24NO2+. The van der Waals surface area contributed by atoms with Gasteiger partial charge >= 0.3 is 0 Å². The minimum Gasteiger partial charge on any atom is -0.507 e. The van der Waals surface area contributed by atoms with Crippen molar-refractivity contribution in [3.63, 3.8) is 0 Å². The first-order valence-corrected chi connectivity index (χ1v) is 6.74. The molecule has 2 N–H and O–H groups in total. The van der Waals surface area contributed by atoms with Crippen molar-refractivity contribution in [2.75, 3.05) is 13.1 Å². The first-order valence-electron chi connectivity index (χ1n) is 6.74. The molecule has 3 nitrogen and oxygen atoms in total. The Labute approximate surface area is 109 Å². The number of nitrogens with one attached hydrogen (secondary N) is 1. The second kappa shape index (κ2) is 5.29. The molecule has 1 aromatic rings. The highest BCUT2D eigenvalue weighted by Gasteiger charge is 2.25. The van der Waals surface area contributed by atoms with E-state index in [2.05, 4.69) is 26.0 Å². The van der Waals surface area contributed by atoms with E-state index in [1.54, 1.807) is 4.90 Å². The highest BCUT2D eigenvalue weighted by atomic mass is 16.5. The van der Waals surface area contributed by atoms with Crippen molar-refractivity contribution in [2.45, 2.75) is 46.4 Å². The lowest BCUT2D eigenvalue weighted by Gasteiger charge is -2.32. The van der Waals surface area contributed by atoms with Crippen molar-refractivity contribution in [1.82, 2.24) is 0 Å². The molecule has 0 aromatic heterocycles. The minimum absolute atomic E-state index is 0.336. The molecule has 100 valence electrons. The van der Waals surface area contributed by atoms with Gasteiger partial charge in [0, 0.05) is 5.56 Å². The zero-order valence-electron chi connectivity index (χ0n) is 11.8. The summed E-state index contributed by atoms with van der Waals surface area (Å²) in [5.74, 6) is 0.428. The molecule has 0 bridgehead atoms. The Morgan fingerprint density at radius 2 is 1.67 bits per heavy atom. The summed E-state index contributed by atoms with van der Waals surface area (Å²) in [5.41, 5.74) is 3.25. The summed E-state index contributed by atoms with van der Waals surface area (Å²) in [6.45, 7) is 11.3. The van der Waals surface area contributed by atoms with Gasteiger partial charge in [0.05, 0.1) is 0 Å². The SMILES string of the molecule is Cc1cc(C[NH+]2CC(C)OC(C)C2)cc(C)c1O. The number of ether oxygens (including phenoxy) is 1. The van der Waals surface area contributed by atoms with E-state index >= 15 is 0 Å². The summed E-state index contributed by atoms with van der Waals surface area (Å²) < 4.78 is 5.76. The van der Waals surface area contributed by atoms with Gasteiger partial charge in [-0.3, -0.25) is 0 Å². The first-order chi connectivity index (χ1) is 8.45. The number of quaternary nitrogens is 1. The van der Waals surface area contributed by atoms with E-state index in [1.807, 2.05) is 13.8 Å². The average molecular weight is 250 g/mol. The number of hydrogen-bond acceptors (Lipinski definition) is 2. The van der Waals surface area contributed by atoms with Gasteiger partial charge in [-0.1, -0.05) is 0 Å². The molecule has 3 heteroatoms. The van der Waals surface area contributed by atoms with E-state index in [4.69, 9.17) is 4.74 Å². The number of benzene rings is 1. The monoisotopic (exact) mass is 250 g/mol. The summed E-state index contributed by atoms with van der Waals surface area (Å²) in [5, 5.41) is 9.79. The molecule has 1 heterocycles. The fraction of sp³-hybridized carbons (Fsp3) is 0.600. The largest absolute Gasteiger partial charge is 0.507 e. The van der Waals surface area contributed by atoms with Gasteiger partial charge in [-0.15, -0.1) is 0 Å². The Balaban J connectivity index is 2.09. The van der Waals surface area contributed by atoms with Crippen molar-refractivity contribution in [3.05, 3.63) is 28.8 Å². The van der Waals surface area contributed by atoms with Gasteiger partial charge in [0.25, 0.3) is 0 Å². The van der Waals surface area contributed by atoms with Gasteiger partial charge in [-0.25, -0.2) is 0 Å². The van der Waals surface area contributed by atoms with E-state index in [0.717, 1.165) is 30.8 Å². The molecule has 0 aliphatic carbocycles. The maximum absolute atomic E-state index is 9.79. The molecule has 1 aliphatic rings. The molecule has 1 aromatic carbocycles. The van der Waals surface area contributed by atoms with Gasteiger partial charge in [0.15, 0.2) is 0 Å². The van der Waals surface area contributed by atoms with Crippen LogP contribution in [0.25, 0.3) is 0 Å².